The van der Waals surface area contributed by atoms with Crippen molar-refractivity contribution in [3.63, 3.8) is 0 Å². The summed E-state index contributed by atoms with van der Waals surface area (Å²) in [6.45, 7) is 9.04. The number of allylic oxidation sites excluding steroid dienone is 2. The molecule has 0 radical (unpaired) electrons. The Hall–Kier alpha value is -3.41. The first kappa shape index (κ1) is 25.2. The van der Waals surface area contributed by atoms with Crippen molar-refractivity contribution in [2.75, 3.05) is 31.1 Å². The van der Waals surface area contributed by atoms with E-state index in [9.17, 15) is 4.79 Å². The summed E-state index contributed by atoms with van der Waals surface area (Å²) >= 11 is 0. The second-order valence-electron chi connectivity index (χ2n) is 8.89. The van der Waals surface area contributed by atoms with Crippen LogP contribution >= 0.6 is 0 Å². The van der Waals surface area contributed by atoms with Gasteiger partial charge in [-0.15, -0.1) is 6.58 Å². The first-order chi connectivity index (χ1) is 16.6. The number of rotatable bonds is 6. The molecule has 1 aromatic carbocycles. The molecule has 2 aliphatic rings. The zero-order chi connectivity index (χ0) is 24.3. The van der Waals surface area contributed by atoms with Crippen molar-refractivity contribution in [2.45, 2.75) is 39.0 Å². The Bertz CT molecular complexity index is 993. The summed E-state index contributed by atoms with van der Waals surface area (Å²) < 4.78 is 0. The van der Waals surface area contributed by atoms with Crippen molar-refractivity contribution in [3.8, 4) is 0 Å². The highest BCUT2D eigenvalue weighted by Gasteiger charge is 2.26. The van der Waals surface area contributed by atoms with Crippen LogP contribution in [0.1, 0.15) is 43.0 Å². The molecular formula is C28H37N5O. The predicted molar refractivity (Wildman–Crippen MR) is 141 cm³/mol. The zero-order valence-electron chi connectivity index (χ0n) is 20.2. The molecule has 4 rings (SSSR count). The average Bonchev–Trinajstić information content (AvgIpc) is 2.86. The van der Waals surface area contributed by atoms with Gasteiger partial charge in [-0.1, -0.05) is 18.2 Å². The van der Waals surface area contributed by atoms with Crippen LogP contribution in [0, 0.1) is 11.3 Å². The number of anilines is 1. The van der Waals surface area contributed by atoms with Gasteiger partial charge in [-0.05, 0) is 73.9 Å². The third-order valence-corrected chi connectivity index (χ3v) is 6.47. The van der Waals surface area contributed by atoms with Gasteiger partial charge in [0.25, 0.3) is 0 Å². The summed E-state index contributed by atoms with van der Waals surface area (Å²) in [4.78, 5) is 21.4. The number of carbonyl (C=O) groups excluding carboxylic acids is 1. The van der Waals surface area contributed by atoms with Crippen LogP contribution in [0.15, 0.2) is 61.4 Å². The molecule has 34 heavy (non-hydrogen) atoms. The average molecular weight is 460 g/mol. The Morgan fingerprint density at radius 2 is 2.00 bits per heavy atom. The van der Waals surface area contributed by atoms with Crippen LogP contribution in [-0.4, -0.2) is 48.2 Å². The summed E-state index contributed by atoms with van der Waals surface area (Å²) in [5.74, 6) is 0.786. The van der Waals surface area contributed by atoms with E-state index < -0.39 is 0 Å². The number of aryl methyl sites for hydroxylation is 1. The van der Waals surface area contributed by atoms with E-state index in [1.165, 1.54) is 23.7 Å². The maximum atomic E-state index is 12.6. The van der Waals surface area contributed by atoms with E-state index in [1.54, 1.807) is 12.3 Å². The predicted octanol–water partition coefficient (Wildman–Crippen LogP) is 4.46. The topological polar surface area (TPSA) is 86.3 Å². The van der Waals surface area contributed by atoms with Crippen molar-refractivity contribution < 1.29 is 4.79 Å². The van der Waals surface area contributed by atoms with Gasteiger partial charge in [0.2, 0.25) is 5.91 Å². The molecule has 1 fully saturated rings. The Labute approximate surface area is 203 Å². The molecule has 0 atom stereocenters. The number of aromatic nitrogens is 1. The first-order valence-electron chi connectivity index (χ1n) is 12.1. The standard InChI is InChI=1S/C25H31N5O.C3H6/c26-16-22(17-27)20-6-7-24-21(14-20)4-3-11-30(24)18-19-8-12-29(13-9-19)25(31)15-23-5-1-2-10-28-23;1-3-2/h1-2,5-7,10,14,16-17,19,26H,3-4,8-9,11-13,15,18,27H2;3H,1H2,2H3/b22-17+,26-16?;. The van der Waals surface area contributed by atoms with E-state index in [0.717, 1.165) is 68.7 Å². The Kier molecular flexibility index (Phi) is 9.44. The van der Waals surface area contributed by atoms with Crippen molar-refractivity contribution in [1.29, 1.82) is 5.41 Å². The highest BCUT2D eigenvalue weighted by Crippen LogP contribution is 2.31. The Balaban J connectivity index is 0.00000103. The molecular weight excluding hydrogens is 422 g/mol. The minimum absolute atomic E-state index is 0.183. The van der Waals surface area contributed by atoms with Gasteiger partial charge in [0, 0.05) is 61.7 Å². The van der Waals surface area contributed by atoms with E-state index >= 15 is 0 Å². The van der Waals surface area contributed by atoms with Crippen molar-refractivity contribution in [1.82, 2.24) is 9.88 Å². The Morgan fingerprint density at radius 1 is 1.24 bits per heavy atom. The van der Waals surface area contributed by atoms with Crippen LogP contribution in [-0.2, 0) is 17.6 Å². The number of likely N-dealkylation sites (tertiary alicyclic amines) is 1. The van der Waals surface area contributed by atoms with E-state index in [-0.39, 0.29) is 5.91 Å². The lowest BCUT2D eigenvalue weighted by atomic mass is 9.92. The number of hydrogen-bond acceptors (Lipinski definition) is 5. The minimum Gasteiger partial charge on any atom is -0.404 e. The fourth-order valence-corrected chi connectivity index (χ4v) is 4.72. The molecule has 0 aliphatic carbocycles. The molecule has 6 nitrogen and oxygen atoms in total. The van der Waals surface area contributed by atoms with Crippen LogP contribution in [0.4, 0.5) is 5.69 Å². The summed E-state index contributed by atoms with van der Waals surface area (Å²) in [6.07, 6.45) is 11.0. The smallest absolute Gasteiger partial charge is 0.228 e. The second kappa shape index (κ2) is 12.7. The number of hydrogen-bond donors (Lipinski definition) is 2. The number of benzene rings is 1. The number of fused-ring (bicyclic) bond motifs is 1. The van der Waals surface area contributed by atoms with Crippen LogP contribution in [0.25, 0.3) is 5.57 Å². The number of piperidine rings is 1. The third-order valence-electron chi connectivity index (χ3n) is 6.47. The van der Waals surface area contributed by atoms with Crippen LogP contribution in [0.2, 0.25) is 0 Å². The number of nitrogens with one attached hydrogen (secondary N) is 1. The highest BCUT2D eigenvalue weighted by atomic mass is 16.2. The van der Waals surface area contributed by atoms with Crippen LogP contribution in [0.3, 0.4) is 0 Å². The summed E-state index contributed by atoms with van der Waals surface area (Å²) in [5.41, 5.74) is 10.9. The van der Waals surface area contributed by atoms with Crippen LogP contribution < -0.4 is 10.6 Å². The van der Waals surface area contributed by atoms with Gasteiger partial charge < -0.3 is 20.9 Å². The number of nitrogens with two attached hydrogens (primary N) is 1. The Morgan fingerprint density at radius 3 is 2.65 bits per heavy atom. The van der Waals surface area contributed by atoms with Crippen molar-refractivity contribution in [3.05, 3.63) is 78.3 Å². The van der Waals surface area contributed by atoms with E-state index in [1.807, 2.05) is 30.0 Å². The molecule has 1 saturated heterocycles. The lowest BCUT2D eigenvalue weighted by molar-refractivity contribution is -0.131. The molecule has 0 saturated carbocycles. The quantitative estimate of drug-likeness (QED) is 0.493. The second-order valence-corrected chi connectivity index (χ2v) is 8.89. The van der Waals surface area contributed by atoms with Gasteiger partial charge in [-0.3, -0.25) is 9.78 Å². The highest BCUT2D eigenvalue weighted by molar-refractivity contribution is 6.08. The minimum atomic E-state index is 0.183. The third kappa shape index (κ3) is 6.56. The molecule has 3 N–H and O–H groups in total. The monoisotopic (exact) mass is 459 g/mol. The van der Waals surface area contributed by atoms with Gasteiger partial charge >= 0.3 is 0 Å². The molecule has 2 aliphatic heterocycles. The molecule has 0 bridgehead atoms. The molecule has 1 aromatic heterocycles. The molecule has 2 aromatic rings. The maximum absolute atomic E-state index is 12.6. The molecule has 0 unspecified atom stereocenters. The number of amides is 1. The molecule has 180 valence electrons. The first-order valence-corrected chi connectivity index (χ1v) is 12.1. The lowest BCUT2D eigenvalue weighted by Crippen LogP contribution is -2.43. The maximum Gasteiger partial charge on any atom is 0.228 e. The number of carbonyl (C=O) groups is 1. The van der Waals surface area contributed by atoms with Crippen LogP contribution in [0.5, 0.6) is 0 Å². The van der Waals surface area contributed by atoms with E-state index in [2.05, 4.69) is 34.7 Å². The zero-order valence-corrected chi connectivity index (χ0v) is 20.2. The number of nitrogens with zero attached hydrogens (tertiary/aromatic N) is 3. The van der Waals surface area contributed by atoms with Crippen molar-refractivity contribution >= 4 is 23.4 Å². The fourth-order valence-electron chi connectivity index (χ4n) is 4.72. The fraction of sp³-hybridized carbons (Fsp3) is 0.393. The normalized spacial score (nSPS) is 16.2. The number of pyridine rings is 1. The van der Waals surface area contributed by atoms with E-state index in [0.29, 0.717) is 12.3 Å². The summed E-state index contributed by atoms with van der Waals surface area (Å²) in [5, 5.41) is 7.54. The van der Waals surface area contributed by atoms with Gasteiger partial charge in [0.15, 0.2) is 0 Å². The summed E-state index contributed by atoms with van der Waals surface area (Å²) in [7, 11) is 0. The molecule has 1 amide bonds. The van der Waals surface area contributed by atoms with Gasteiger partial charge in [-0.2, -0.15) is 0 Å². The SMILES string of the molecule is C=CC.N=C/C(=C\N)c1ccc2c(c1)CCCN2CC1CCN(C(=O)Cc2ccccn2)CC1. The van der Waals surface area contributed by atoms with Gasteiger partial charge in [-0.25, -0.2) is 0 Å². The van der Waals surface area contributed by atoms with Gasteiger partial charge in [0.05, 0.1) is 6.42 Å². The van der Waals surface area contributed by atoms with E-state index in [4.69, 9.17) is 11.1 Å². The molecule has 3 heterocycles. The lowest BCUT2D eigenvalue weighted by Gasteiger charge is -2.38. The molecule has 0 spiro atoms. The summed E-state index contributed by atoms with van der Waals surface area (Å²) in [6, 6.07) is 12.2. The molecule has 6 heteroatoms. The van der Waals surface area contributed by atoms with Crippen molar-refractivity contribution in [2.24, 2.45) is 11.7 Å². The largest absolute Gasteiger partial charge is 0.404 e. The van der Waals surface area contributed by atoms with Gasteiger partial charge in [0.1, 0.15) is 0 Å².